The van der Waals surface area contributed by atoms with Crippen LogP contribution in [0, 0.1) is 0 Å². The molecule has 1 aromatic carbocycles. The van der Waals surface area contributed by atoms with Crippen LogP contribution < -0.4 is 0 Å². The number of phenolic OH excluding ortho intramolecular Hbond substituents is 2. The molecule has 0 aromatic heterocycles. The summed E-state index contributed by atoms with van der Waals surface area (Å²) in [4.78, 5) is 23.9. The predicted molar refractivity (Wildman–Crippen MR) is 58.7 cm³/mol. The van der Waals surface area contributed by atoms with Crippen molar-refractivity contribution in [2.24, 2.45) is 0 Å². The molecule has 0 aliphatic rings. The van der Waals surface area contributed by atoms with E-state index in [1.165, 1.54) is 26.3 Å². The molecule has 0 fully saturated rings. The first kappa shape index (κ1) is 12.8. The largest absolute Gasteiger partial charge is 0.504 e. The van der Waals surface area contributed by atoms with Crippen molar-refractivity contribution < 1.29 is 24.5 Å². The second-order valence-corrected chi connectivity index (χ2v) is 3.44. The number of aromatic hydroxyl groups is 2. The molecule has 0 aliphatic heterocycles. The smallest absolute Gasteiger partial charge is 0.325 e. The maximum atomic E-state index is 11.8. The van der Waals surface area contributed by atoms with Gasteiger partial charge in [-0.25, -0.2) is 0 Å². The van der Waals surface area contributed by atoms with Gasteiger partial charge in [0.1, 0.15) is 6.54 Å². The first-order valence-electron chi connectivity index (χ1n) is 4.80. The number of nitrogens with zero attached hydrogens (tertiary/aromatic N) is 1. The lowest BCUT2D eigenvalue weighted by molar-refractivity contribution is -0.141. The van der Waals surface area contributed by atoms with E-state index in [9.17, 15) is 14.7 Å². The normalized spacial score (nSPS) is 9.76. The minimum atomic E-state index is -0.538. The second kappa shape index (κ2) is 5.20. The summed E-state index contributed by atoms with van der Waals surface area (Å²) in [5, 5.41) is 18.3. The molecule has 1 amide bonds. The summed E-state index contributed by atoms with van der Waals surface area (Å²) in [5.41, 5.74) is 0.173. The molecule has 17 heavy (non-hydrogen) atoms. The summed E-state index contributed by atoms with van der Waals surface area (Å²) in [6.45, 7) is -0.184. The van der Waals surface area contributed by atoms with Gasteiger partial charge in [-0.1, -0.05) is 0 Å². The number of hydrogen-bond donors (Lipinski definition) is 2. The van der Waals surface area contributed by atoms with Gasteiger partial charge in [-0.3, -0.25) is 9.59 Å². The molecule has 6 heteroatoms. The minimum absolute atomic E-state index is 0.173. The van der Waals surface area contributed by atoms with Crippen molar-refractivity contribution in [2.75, 3.05) is 20.7 Å². The third kappa shape index (κ3) is 3.10. The van der Waals surface area contributed by atoms with Gasteiger partial charge in [-0.15, -0.1) is 0 Å². The van der Waals surface area contributed by atoms with Crippen LogP contribution in [0.5, 0.6) is 11.5 Å². The Balaban J connectivity index is 2.81. The van der Waals surface area contributed by atoms with Crippen molar-refractivity contribution in [3.05, 3.63) is 23.8 Å². The number of ether oxygens (including phenoxy) is 1. The number of methoxy groups -OCH3 is 1. The first-order chi connectivity index (χ1) is 7.95. The molecule has 0 spiro atoms. The summed E-state index contributed by atoms with van der Waals surface area (Å²) < 4.78 is 4.43. The molecule has 1 rings (SSSR count). The van der Waals surface area contributed by atoms with Crippen LogP contribution >= 0.6 is 0 Å². The average Bonchev–Trinajstić information content (AvgIpc) is 2.31. The molecule has 2 N–H and O–H groups in total. The van der Waals surface area contributed by atoms with Crippen LogP contribution in [-0.4, -0.2) is 47.7 Å². The van der Waals surface area contributed by atoms with Gasteiger partial charge in [0.2, 0.25) is 0 Å². The van der Waals surface area contributed by atoms with E-state index in [1.807, 2.05) is 0 Å². The van der Waals surface area contributed by atoms with Gasteiger partial charge < -0.3 is 19.8 Å². The molecular formula is C11H13NO5. The Hall–Kier alpha value is -2.24. The number of carbonyl (C=O) groups is 2. The second-order valence-electron chi connectivity index (χ2n) is 3.44. The van der Waals surface area contributed by atoms with E-state index in [0.29, 0.717) is 0 Å². The predicted octanol–water partition coefficient (Wildman–Crippen LogP) is 0.343. The molecule has 0 bridgehead atoms. The Morgan fingerprint density at radius 1 is 1.29 bits per heavy atom. The third-order valence-corrected chi connectivity index (χ3v) is 2.16. The molecule has 0 saturated carbocycles. The quantitative estimate of drug-likeness (QED) is 0.586. The third-order valence-electron chi connectivity index (χ3n) is 2.16. The fourth-order valence-corrected chi connectivity index (χ4v) is 1.21. The Labute approximate surface area is 98.0 Å². The fraction of sp³-hybridized carbons (Fsp3) is 0.273. The van der Waals surface area contributed by atoms with Crippen molar-refractivity contribution in [1.82, 2.24) is 4.90 Å². The SMILES string of the molecule is COC(=O)CN(C)C(=O)c1ccc(O)c(O)c1. The van der Waals surface area contributed by atoms with Crippen molar-refractivity contribution in [1.29, 1.82) is 0 Å². The van der Waals surface area contributed by atoms with Gasteiger partial charge in [-0.05, 0) is 18.2 Å². The molecule has 92 valence electrons. The maximum Gasteiger partial charge on any atom is 0.325 e. The lowest BCUT2D eigenvalue weighted by Gasteiger charge is -2.15. The molecule has 0 aliphatic carbocycles. The van der Waals surface area contributed by atoms with E-state index in [4.69, 9.17) is 5.11 Å². The maximum absolute atomic E-state index is 11.8. The van der Waals surface area contributed by atoms with Gasteiger partial charge >= 0.3 is 5.97 Å². The molecule has 0 heterocycles. The van der Waals surface area contributed by atoms with Crippen molar-refractivity contribution in [3.8, 4) is 11.5 Å². The van der Waals surface area contributed by atoms with E-state index >= 15 is 0 Å². The van der Waals surface area contributed by atoms with E-state index in [2.05, 4.69) is 4.74 Å². The van der Waals surface area contributed by atoms with Crippen LogP contribution in [0.4, 0.5) is 0 Å². The summed E-state index contributed by atoms with van der Waals surface area (Å²) >= 11 is 0. The lowest BCUT2D eigenvalue weighted by Crippen LogP contribution is -2.32. The monoisotopic (exact) mass is 239 g/mol. The molecule has 1 aromatic rings. The molecule has 6 nitrogen and oxygen atoms in total. The number of rotatable bonds is 3. The Morgan fingerprint density at radius 3 is 2.47 bits per heavy atom. The summed E-state index contributed by atoms with van der Waals surface area (Å²) in [6, 6.07) is 3.69. The number of hydrogen-bond acceptors (Lipinski definition) is 5. The van der Waals surface area contributed by atoms with Crippen LogP contribution in [0.1, 0.15) is 10.4 Å². The summed E-state index contributed by atoms with van der Waals surface area (Å²) in [5.74, 6) is -1.69. The van der Waals surface area contributed by atoms with Crippen LogP contribution in [0.2, 0.25) is 0 Å². The number of carbonyl (C=O) groups excluding carboxylic acids is 2. The molecular weight excluding hydrogens is 226 g/mol. The number of esters is 1. The highest BCUT2D eigenvalue weighted by molar-refractivity contribution is 5.96. The van der Waals surface area contributed by atoms with E-state index in [1.54, 1.807) is 0 Å². The van der Waals surface area contributed by atoms with Crippen molar-refractivity contribution in [2.45, 2.75) is 0 Å². The van der Waals surface area contributed by atoms with E-state index < -0.39 is 11.9 Å². The fourth-order valence-electron chi connectivity index (χ4n) is 1.21. The van der Waals surface area contributed by atoms with Gasteiger partial charge in [0.05, 0.1) is 7.11 Å². The number of benzene rings is 1. The van der Waals surface area contributed by atoms with Crippen LogP contribution in [0.15, 0.2) is 18.2 Å². The zero-order valence-corrected chi connectivity index (χ0v) is 9.51. The Bertz CT molecular complexity index is 443. The number of phenols is 2. The minimum Gasteiger partial charge on any atom is -0.504 e. The molecule has 0 radical (unpaired) electrons. The van der Waals surface area contributed by atoms with Crippen molar-refractivity contribution in [3.63, 3.8) is 0 Å². The van der Waals surface area contributed by atoms with Crippen molar-refractivity contribution >= 4 is 11.9 Å². The Morgan fingerprint density at radius 2 is 1.94 bits per heavy atom. The van der Waals surface area contributed by atoms with Crippen LogP contribution in [0.25, 0.3) is 0 Å². The molecule has 0 unspecified atom stereocenters. The number of likely N-dealkylation sites (N-methyl/N-ethyl adjacent to an activating group) is 1. The van der Waals surface area contributed by atoms with Crippen LogP contribution in [-0.2, 0) is 9.53 Å². The van der Waals surface area contributed by atoms with Gasteiger partial charge in [0, 0.05) is 12.6 Å². The lowest BCUT2D eigenvalue weighted by atomic mass is 10.2. The highest BCUT2D eigenvalue weighted by Crippen LogP contribution is 2.25. The van der Waals surface area contributed by atoms with Gasteiger partial charge in [0.15, 0.2) is 11.5 Å². The van der Waals surface area contributed by atoms with E-state index in [0.717, 1.165) is 11.0 Å². The van der Waals surface area contributed by atoms with Crippen LogP contribution in [0.3, 0.4) is 0 Å². The summed E-state index contributed by atoms with van der Waals surface area (Å²) in [6.07, 6.45) is 0. The highest BCUT2D eigenvalue weighted by atomic mass is 16.5. The topological polar surface area (TPSA) is 87.1 Å². The average molecular weight is 239 g/mol. The van der Waals surface area contributed by atoms with Gasteiger partial charge in [0.25, 0.3) is 5.91 Å². The summed E-state index contributed by atoms with van der Waals surface area (Å²) in [7, 11) is 2.66. The standard InChI is InChI=1S/C11H13NO5/c1-12(6-10(15)17-2)11(16)7-3-4-8(13)9(14)5-7/h3-5,13-14H,6H2,1-2H3. The number of amides is 1. The highest BCUT2D eigenvalue weighted by Gasteiger charge is 2.16. The van der Waals surface area contributed by atoms with E-state index in [-0.39, 0.29) is 23.6 Å². The Kier molecular flexibility index (Phi) is 3.92. The zero-order chi connectivity index (χ0) is 13.0. The van der Waals surface area contributed by atoms with Gasteiger partial charge in [-0.2, -0.15) is 0 Å². The zero-order valence-electron chi connectivity index (χ0n) is 9.51. The molecule has 0 atom stereocenters. The molecule has 0 saturated heterocycles. The first-order valence-corrected chi connectivity index (χ1v) is 4.80.